The largest absolute Gasteiger partial charge is 0.340 e. The van der Waals surface area contributed by atoms with Crippen molar-refractivity contribution < 1.29 is 9.59 Å². The number of carbonyl (C=O) groups is 2. The second-order valence-corrected chi connectivity index (χ2v) is 17.0. The van der Waals surface area contributed by atoms with E-state index in [4.69, 9.17) is 9.97 Å². The van der Waals surface area contributed by atoms with Crippen molar-refractivity contribution in [1.29, 1.82) is 0 Å². The van der Waals surface area contributed by atoms with E-state index in [9.17, 15) is 9.59 Å². The first kappa shape index (κ1) is 40.8. The molecular weight excluding hydrogens is 769 g/mol. The molecule has 2 amide bonds. The third kappa shape index (κ3) is 8.23. The number of nitrogens with one attached hydrogen (secondary N) is 2. The van der Waals surface area contributed by atoms with Gasteiger partial charge >= 0.3 is 0 Å². The van der Waals surface area contributed by atoms with Gasteiger partial charge in [0.25, 0.3) is 0 Å². The standard InChI is InChI=1S/C52H54N8O2/c1-57(2)47(41-13-7-5-8-14-41)51(61)59-31-11-17-45(59)49-53-33-43(55-49)39-27-23-37(24-28-39)35-19-21-36(22-20-35)38-25-29-40(30-26-38)44-34-54-50(56-44)46-18-12-32-60(46)52(62)48(58(3)4)42-15-9-6-10-16-42/h5-10,13-16,19-30,33-34,45-48H,11-12,17-18,31-32H2,1-4H3,(H,53,55)(H,54,56). The Balaban J connectivity index is 0.838. The minimum absolute atomic E-state index is 0.0804. The zero-order valence-corrected chi connectivity index (χ0v) is 35.9. The Morgan fingerprint density at radius 1 is 0.500 bits per heavy atom. The molecule has 2 aromatic heterocycles. The van der Waals surface area contributed by atoms with Gasteiger partial charge in [0.2, 0.25) is 11.8 Å². The predicted molar refractivity (Wildman–Crippen MR) is 246 cm³/mol. The molecule has 0 radical (unpaired) electrons. The van der Waals surface area contributed by atoms with Crippen LogP contribution < -0.4 is 0 Å². The Morgan fingerprint density at radius 2 is 0.823 bits per heavy atom. The molecule has 314 valence electrons. The van der Waals surface area contributed by atoms with Crippen LogP contribution in [0.5, 0.6) is 0 Å². The van der Waals surface area contributed by atoms with Crippen LogP contribution in [0, 0.1) is 0 Å². The third-order valence-electron chi connectivity index (χ3n) is 12.6. The maximum absolute atomic E-state index is 13.9. The first-order valence-corrected chi connectivity index (χ1v) is 21.7. The van der Waals surface area contributed by atoms with Crippen LogP contribution in [0.2, 0.25) is 0 Å². The second kappa shape index (κ2) is 17.8. The quantitative estimate of drug-likeness (QED) is 0.127. The van der Waals surface area contributed by atoms with Gasteiger partial charge in [-0.3, -0.25) is 19.4 Å². The van der Waals surface area contributed by atoms with Crippen LogP contribution >= 0.6 is 0 Å². The van der Waals surface area contributed by atoms with E-state index in [1.165, 1.54) is 0 Å². The number of amides is 2. The van der Waals surface area contributed by atoms with E-state index in [0.29, 0.717) is 0 Å². The molecule has 10 nitrogen and oxygen atoms in total. The molecule has 62 heavy (non-hydrogen) atoms. The summed E-state index contributed by atoms with van der Waals surface area (Å²) >= 11 is 0. The minimum Gasteiger partial charge on any atom is -0.340 e. The average molecular weight is 823 g/mol. The van der Waals surface area contributed by atoms with Crippen molar-refractivity contribution in [2.75, 3.05) is 41.3 Å². The maximum atomic E-state index is 13.9. The van der Waals surface area contributed by atoms with E-state index < -0.39 is 0 Å². The molecule has 10 heteroatoms. The van der Waals surface area contributed by atoms with Crippen molar-refractivity contribution in [3.63, 3.8) is 0 Å². The summed E-state index contributed by atoms with van der Waals surface area (Å²) in [4.78, 5) is 52.6. The molecule has 2 saturated heterocycles. The summed E-state index contributed by atoms with van der Waals surface area (Å²) in [5, 5.41) is 0. The molecule has 0 aliphatic carbocycles. The fraction of sp³-hybridized carbons (Fsp3) is 0.269. The van der Waals surface area contributed by atoms with Crippen LogP contribution in [0.15, 0.2) is 146 Å². The van der Waals surface area contributed by atoms with Crippen molar-refractivity contribution >= 4 is 11.8 Å². The maximum Gasteiger partial charge on any atom is 0.245 e. The van der Waals surface area contributed by atoms with Crippen LogP contribution in [-0.4, -0.2) is 92.6 Å². The topological polar surface area (TPSA) is 104 Å². The molecule has 0 spiro atoms. The number of benzene rings is 5. The van der Waals surface area contributed by atoms with Crippen molar-refractivity contribution in [2.24, 2.45) is 0 Å². The number of aromatic amines is 2. The number of nitrogens with zero attached hydrogens (tertiary/aromatic N) is 6. The molecule has 0 bridgehead atoms. The van der Waals surface area contributed by atoms with Gasteiger partial charge in [-0.05, 0) is 98.4 Å². The number of hydrogen-bond donors (Lipinski definition) is 2. The molecule has 0 saturated carbocycles. The lowest BCUT2D eigenvalue weighted by molar-refractivity contribution is -0.138. The number of likely N-dealkylation sites (N-methyl/N-ethyl adjacent to an activating group) is 2. The van der Waals surface area contributed by atoms with Crippen molar-refractivity contribution in [3.8, 4) is 44.8 Å². The summed E-state index contributed by atoms with van der Waals surface area (Å²) in [5.41, 5.74) is 10.5. The number of rotatable bonds is 12. The fourth-order valence-corrected chi connectivity index (χ4v) is 9.38. The zero-order chi connectivity index (χ0) is 42.7. The van der Waals surface area contributed by atoms with Gasteiger partial charge in [0.15, 0.2) is 0 Å². The Morgan fingerprint density at radius 3 is 1.15 bits per heavy atom. The van der Waals surface area contributed by atoms with Gasteiger partial charge in [-0.25, -0.2) is 9.97 Å². The lowest BCUT2D eigenvalue weighted by Gasteiger charge is -2.31. The zero-order valence-electron chi connectivity index (χ0n) is 35.9. The van der Waals surface area contributed by atoms with E-state index in [-0.39, 0.29) is 36.0 Å². The summed E-state index contributed by atoms with van der Waals surface area (Å²) in [7, 11) is 7.85. The highest BCUT2D eigenvalue weighted by Gasteiger charge is 2.38. The Kier molecular flexibility index (Phi) is 11.7. The number of likely N-dealkylation sites (tertiary alicyclic amines) is 2. The van der Waals surface area contributed by atoms with Crippen LogP contribution in [-0.2, 0) is 9.59 Å². The number of H-pyrrole nitrogens is 2. The first-order chi connectivity index (χ1) is 30.2. The number of aromatic nitrogens is 4. The smallest absolute Gasteiger partial charge is 0.245 e. The lowest BCUT2D eigenvalue weighted by atomic mass is 9.98. The summed E-state index contributed by atoms with van der Waals surface area (Å²) in [6.07, 6.45) is 7.44. The molecule has 2 aliphatic heterocycles. The van der Waals surface area contributed by atoms with Crippen LogP contribution in [0.25, 0.3) is 44.8 Å². The summed E-state index contributed by atoms with van der Waals surface area (Å²) in [6.45, 7) is 1.45. The average Bonchev–Trinajstić information content (AvgIpc) is 4.15. The molecule has 4 atom stereocenters. The fourth-order valence-electron chi connectivity index (χ4n) is 9.38. The lowest BCUT2D eigenvalue weighted by Crippen LogP contribution is -2.40. The summed E-state index contributed by atoms with van der Waals surface area (Å²) < 4.78 is 0. The van der Waals surface area contributed by atoms with Gasteiger partial charge in [-0.1, -0.05) is 133 Å². The predicted octanol–water partition coefficient (Wildman–Crippen LogP) is 9.73. The molecule has 2 aliphatic rings. The van der Waals surface area contributed by atoms with Gasteiger partial charge in [0.1, 0.15) is 23.7 Å². The summed E-state index contributed by atoms with van der Waals surface area (Å²) in [6, 6.07) is 45.0. The van der Waals surface area contributed by atoms with Crippen molar-refractivity contribution in [1.82, 2.24) is 39.5 Å². The van der Waals surface area contributed by atoms with Crippen molar-refractivity contribution in [3.05, 3.63) is 169 Å². The molecule has 7 aromatic rings. The number of carbonyl (C=O) groups excluding carboxylic acids is 2. The van der Waals surface area contributed by atoms with E-state index in [1.54, 1.807) is 0 Å². The Bertz CT molecular complexity index is 2420. The Labute approximate surface area is 364 Å². The summed E-state index contributed by atoms with van der Waals surface area (Å²) in [5.74, 6) is 1.88. The highest BCUT2D eigenvalue weighted by Crippen LogP contribution is 2.37. The number of hydrogen-bond acceptors (Lipinski definition) is 6. The van der Waals surface area contributed by atoms with Gasteiger partial charge in [0.05, 0.1) is 35.9 Å². The molecule has 2 N–H and O–H groups in total. The molecule has 4 unspecified atom stereocenters. The van der Waals surface area contributed by atoms with Gasteiger partial charge in [0, 0.05) is 13.1 Å². The monoisotopic (exact) mass is 822 g/mol. The van der Waals surface area contributed by atoms with Gasteiger partial charge in [-0.15, -0.1) is 0 Å². The highest BCUT2D eigenvalue weighted by molar-refractivity contribution is 5.85. The van der Waals surface area contributed by atoms with E-state index in [2.05, 4.69) is 82.8 Å². The van der Waals surface area contributed by atoms with Crippen molar-refractivity contribution in [2.45, 2.75) is 49.9 Å². The Hall–Kier alpha value is -6.62. The van der Waals surface area contributed by atoms with Crippen LogP contribution in [0.4, 0.5) is 0 Å². The second-order valence-electron chi connectivity index (χ2n) is 17.0. The third-order valence-corrected chi connectivity index (χ3v) is 12.6. The van der Waals surface area contributed by atoms with E-state index >= 15 is 0 Å². The van der Waals surface area contributed by atoms with Crippen LogP contribution in [0.3, 0.4) is 0 Å². The van der Waals surface area contributed by atoms with Gasteiger partial charge in [-0.2, -0.15) is 0 Å². The van der Waals surface area contributed by atoms with Crippen LogP contribution in [0.1, 0.15) is 72.6 Å². The molecule has 5 aromatic carbocycles. The highest BCUT2D eigenvalue weighted by atomic mass is 16.2. The molecular formula is C52H54N8O2. The minimum atomic E-state index is -0.341. The normalized spacial score (nSPS) is 17.5. The molecule has 4 heterocycles. The SMILES string of the molecule is CN(C)C(C(=O)N1CCCC1c1ncc(-c2ccc(-c3ccc(-c4ccc(-c5cnc(C6CCCN6C(=O)C(c6ccccc6)N(C)C)[nH]5)cc4)cc3)cc2)[nH]1)c1ccccc1. The first-order valence-electron chi connectivity index (χ1n) is 21.7. The van der Waals surface area contributed by atoms with E-state index in [0.717, 1.165) is 106 Å². The van der Waals surface area contributed by atoms with Gasteiger partial charge < -0.3 is 19.8 Å². The molecule has 2 fully saturated rings. The molecule has 9 rings (SSSR count). The van der Waals surface area contributed by atoms with E-state index in [1.807, 2.05) is 121 Å². The number of imidazole rings is 2.